The average Bonchev–Trinajstić information content (AvgIpc) is 2.59. The molecule has 0 bridgehead atoms. The Morgan fingerprint density at radius 3 is 2.74 bits per heavy atom. The Hall–Kier alpha value is -1.97. The minimum absolute atomic E-state index is 0.156. The highest BCUT2D eigenvalue weighted by atomic mass is 32.2. The van der Waals surface area contributed by atoms with E-state index < -0.39 is 10.8 Å². The lowest BCUT2D eigenvalue weighted by Gasteiger charge is -2.03. The van der Waals surface area contributed by atoms with Crippen LogP contribution in [0.3, 0.4) is 0 Å². The number of hydrogen-bond acceptors (Lipinski definition) is 7. The second kappa shape index (κ2) is 4.96. The van der Waals surface area contributed by atoms with Crippen molar-refractivity contribution in [3.63, 3.8) is 0 Å². The number of carbonyl (C=O) groups is 1. The van der Waals surface area contributed by atoms with Crippen molar-refractivity contribution in [3.05, 3.63) is 38.8 Å². The quantitative estimate of drug-likeness (QED) is 0.212. The van der Waals surface area contributed by atoms with Crippen LogP contribution in [0.4, 0.5) is 5.69 Å². The van der Waals surface area contributed by atoms with Crippen LogP contribution in [-0.4, -0.2) is 25.3 Å². The van der Waals surface area contributed by atoms with E-state index in [2.05, 4.69) is 0 Å². The first-order valence-corrected chi connectivity index (χ1v) is 6.12. The number of thioether (sulfide) groups is 1. The van der Waals surface area contributed by atoms with E-state index in [1.54, 1.807) is 0 Å². The van der Waals surface area contributed by atoms with Gasteiger partial charge in [-0.15, -0.1) is 0 Å². The monoisotopic (exact) mass is 297 g/mol. The minimum atomic E-state index is -0.592. The maximum absolute atomic E-state index is 11.7. The highest BCUT2D eigenvalue weighted by Crippen LogP contribution is 2.33. The van der Waals surface area contributed by atoms with Gasteiger partial charge in [0.05, 0.1) is 9.83 Å². The van der Waals surface area contributed by atoms with E-state index in [-0.39, 0.29) is 26.2 Å². The summed E-state index contributed by atoms with van der Waals surface area (Å²) in [6, 6.07) is 3.52. The number of thiocarbonyl (C=S) groups is 1. The molecule has 0 radical (unpaired) electrons. The molecule has 1 aliphatic heterocycles. The number of nitro benzene ring substituents is 1. The first kappa shape index (κ1) is 13.5. The number of benzene rings is 1. The van der Waals surface area contributed by atoms with Gasteiger partial charge in [0.15, 0.2) is 4.32 Å². The highest BCUT2D eigenvalue weighted by Gasteiger charge is 2.30. The summed E-state index contributed by atoms with van der Waals surface area (Å²) in [5, 5.41) is 21.1. The fourth-order valence-corrected chi connectivity index (χ4v) is 2.49. The van der Waals surface area contributed by atoms with E-state index in [1.807, 2.05) is 0 Å². The molecule has 0 spiro atoms. The van der Waals surface area contributed by atoms with E-state index in [9.17, 15) is 20.0 Å². The van der Waals surface area contributed by atoms with Gasteiger partial charge in [0.25, 0.3) is 11.6 Å². The van der Waals surface area contributed by atoms with Gasteiger partial charge in [0.1, 0.15) is 5.75 Å². The molecule has 1 aromatic carbocycles. The van der Waals surface area contributed by atoms with Crippen LogP contribution in [0, 0.1) is 10.1 Å². The molecule has 1 aliphatic rings. The molecule has 0 atom stereocenters. The number of phenols is 1. The third-order valence-corrected chi connectivity index (χ3v) is 3.66. The van der Waals surface area contributed by atoms with Gasteiger partial charge < -0.3 is 5.11 Å². The lowest BCUT2D eigenvalue weighted by atomic mass is 10.1. The number of aromatic hydroxyl groups is 1. The lowest BCUT2D eigenvalue weighted by molar-refractivity contribution is -0.384. The Morgan fingerprint density at radius 2 is 2.21 bits per heavy atom. The largest absolute Gasteiger partial charge is 0.507 e. The SMILES string of the molecule is NN1C(=O)C(=Cc2cc([N+](=O)[O-])ccc2O)SC1=S. The predicted octanol–water partition coefficient (Wildman–Crippen LogP) is 1.38. The van der Waals surface area contributed by atoms with Crippen molar-refractivity contribution >= 4 is 46.0 Å². The van der Waals surface area contributed by atoms with Crippen molar-refractivity contribution < 1.29 is 14.8 Å². The number of hydrogen-bond donors (Lipinski definition) is 2. The number of non-ortho nitro benzene ring substituents is 1. The number of rotatable bonds is 2. The summed E-state index contributed by atoms with van der Waals surface area (Å²) in [4.78, 5) is 21.9. The number of carbonyl (C=O) groups excluding carboxylic acids is 1. The van der Waals surface area contributed by atoms with Gasteiger partial charge in [-0.2, -0.15) is 0 Å². The Morgan fingerprint density at radius 1 is 1.53 bits per heavy atom. The summed E-state index contributed by atoms with van der Waals surface area (Å²) < 4.78 is 0.182. The van der Waals surface area contributed by atoms with Gasteiger partial charge in [0, 0.05) is 17.7 Å². The Balaban J connectivity index is 2.43. The van der Waals surface area contributed by atoms with Crippen LogP contribution in [0.5, 0.6) is 5.75 Å². The number of amides is 1. The van der Waals surface area contributed by atoms with Crippen molar-refractivity contribution in [2.24, 2.45) is 5.84 Å². The van der Waals surface area contributed by atoms with Crippen LogP contribution in [0.15, 0.2) is 23.1 Å². The van der Waals surface area contributed by atoms with E-state index in [1.165, 1.54) is 24.3 Å². The summed E-state index contributed by atoms with van der Waals surface area (Å²) in [6.45, 7) is 0. The standard InChI is InChI=1S/C10H7N3O4S2/c11-12-9(15)8(19-10(12)18)4-5-3-6(13(16)17)1-2-7(5)14/h1-4,14H,11H2. The highest BCUT2D eigenvalue weighted by molar-refractivity contribution is 8.26. The van der Waals surface area contributed by atoms with Crippen molar-refractivity contribution in [2.75, 3.05) is 0 Å². The van der Waals surface area contributed by atoms with Crippen LogP contribution < -0.4 is 5.84 Å². The van der Waals surface area contributed by atoms with Gasteiger partial charge >= 0.3 is 0 Å². The Bertz CT molecular complexity index is 629. The number of phenolic OH excluding ortho intramolecular Hbond substituents is 1. The molecule has 9 heteroatoms. The fourth-order valence-electron chi connectivity index (χ4n) is 1.39. The van der Waals surface area contributed by atoms with E-state index in [0.717, 1.165) is 16.8 Å². The fraction of sp³-hybridized carbons (Fsp3) is 0. The molecular weight excluding hydrogens is 290 g/mol. The minimum Gasteiger partial charge on any atom is -0.507 e. The molecule has 0 aromatic heterocycles. The van der Waals surface area contributed by atoms with Gasteiger partial charge in [-0.25, -0.2) is 10.9 Å². The maximum atomic E-state index is 11.7. The van der Waals surface area contributed by atoms with Gasteiger partial charge in [-0.3, -0.25) is 14.9 Å². The molecule has 0 saturated carbocycles. The van der Waals surface area contributed by atoms with Crippen LogP contribution in [0.25, 0.3) is 6.08 Å². The smallest absolute Gasteiger partial charge is 0.280 e. The number of nitrogens with zero attached hydrogens (tertiary/aromatic N) is 2. The van der Waals surface area contributed by atoms with Crippen LogP contribution >= 0.6 is 24.0 Å². The van der Waals surface area contributed by atoms with Gasteiger partial charge in [-0.05, 0) is 12.1 Å². The molecule has 98 valence electrons. The summed E-state index contributed by atoms with van der Waals surface area (Å²) >= 11 is 5.81. The summed E-state index contributed by atoms with van der Waals surface area (Å²) in [7, 11) is 0. The number of nitro groups is 1. The Labute approximate surface area is 116 Å². The summed E-state index contributed by atoms with van der Waals surface area (Å²) in [5.74, 6) is 4.71. The molecule has 1 aromatic rings. The predicted molar refractivity (Wildman–Crippen MR) is 74.0 cm³/mol. The molecule has 1 saturated heterocycles. The zero-order chi connectivity index (χ0) is 14.2. The normalized spacial score (nSPS) is 17.3. The molecule has 1 amide bonds. The number of nitrogens with two attached hydrogens (primary N) is 1. The van der Waals surface area contributed by atoms with Crippen molar-refractivity contribution in [3.8, 4) is 5.75 Å². The molecule has 19 heavy (non-hydrogen) atoms. The summed E-state index contributed by atoms with van der Waals surface area (Å²) in [5.41, 5.74) is -0.0320. The average molecular weight is 297 g/mol. The van der Waals surface area contributed by atoms with Crippen molar-refractivity contribution in [1.29, 1.82) is 0 Å². The molecule has 7 nitrogen and oxygen atoms in total. The first-order valence-electron chi connectivity index (χ1n) is 4.90. The zero-order valence-corrected chi connectivity index (χ0v) is 10.9. The molecule has 2 rings (SSSR count). The second-order valence-electron chi connectivity index (χ2n) is 3.55. The third-order valence-electron chi connectivity index (χ3n) is 2.33. The van der Waals surface area contributed by atoms with Crippen LogP contribution in [0.1, 0.15) is 5.56 Å². The summed E-state index contributed by atoms with van der Waals surface area (Å²) in [6.07, 6.45) is 1.31. The van der Waals surface area contributed by atoms with Crippen LogP contribution in [0.2, 0.25) is 0 Å². The third kappa shape index (κ3) is 2.57. The zero-order valence-electron chi connectivity index (χ0n) is 9.27. The van der Waals surface area contributed by atoms with E-state index in [4.69, 9.17) is 18.1 Å². The van der Waals surface area contributed by atoms with Gasteiger partial charge in [-0.1, -0.05) is 24.0 Å². The first-order chi connectivity index (χ1) is 8.90. The number of hydrazine groups is 1. The molecule has 0 aliphatic carbocycles. The molecular formula is C10H7N3O4S2. The van der Waals surface area contributed by atoms with Crippen molar-refractivity contribution in [1.82, 2.24) is 5.01 Å². The molecule has 3 N–H and O–H groups in total. The van der Waals surface area contributed by atoms with Crippen molar-refractivity contribution in [2.45, 2.75) is 0 Å². The lowest BCUT2D eigenvalue weighted by Crippen LogP contribution is -2.34. The van der Waals surface area contributed by atoms with E-state index in [0.29, 0.717) is 0 Å². The Kier molecular flexibility index (Phi) is 3.51. The van der Waals surface area contributed by atoms with Gasteiger partial charge in [0.2, 0.25) is 0 Å². The topological polar surface area (TPSA) is 110 Å². The van der Waals surface area contributed by atoms with E-state index >= 15 is 0 Å². The molecule has 1 heterocycles. The molecule has 1 fully saturated rings. The van der Waals surface area contributed by atoms with Crippen LogP contribution in [-0.2, 0) is 4.79 Å². The second-order valence-corrected chi connectivity index (χ2v) is 5.23. The maximum Gasteiger partial charge on any atom is 0.280 e. The molecule has 0 unspecified atom stereocenters.